The van der Waals surface area contributed by atoms with Gasteiger partial charge in [-0.25, -0.2) is 9.59 Å². The average Bonchev–Trinajstić information content (AvgIpc) is 3.26. The van der Waals surface area contributed by atoms with Crippen LogP contribution in [0.25, 0.3) is 0 Å². The predicted molar refractivity (Wildman–Crippen MR) is 108 cm³/mol. The van der Waals surface area contributed by atoms with Crippen molar-refractivity contribution in [3.63, 3.8) is 0 Å². The number of thioether (sulfide) groups is 1. The summed E-state index contributed by atoms with van der Waals surface area (Å²) in [5.74, 6) is -1.05. The third-order valence-electron chi connectivity index (χ3n) is 5.21. The van der Waals surface area contributed by atoms with Crippen molar-refractivity contribution >= 4 is 35.6 Å². The molecule has 0 radical (unpaired) electrons. The molecule has 29 heavy (non-hydrogen) atoms. The van der Waals surface area contributed by atoms with E-state index < -0.39 is 35.4 Å². The van der Waals surface area contributed by atoms with Crippen molar-refractivity contribution in [3.05, 3.63) is 35.9 Å². The highest BCUT2D eigenvalue weighted by Gasteiger charge is 2.57. The molecule has 0 unspecified atom stereocenters. The van der Waals surface area contributed by atoms with Gasteiger partial charge in [0.2, 0.25) is 5.91 Å². The summed E-state index contributed by atoms with van der Waals surface area (Å²) >= 11 is 1.55. The number of carbonyl (C=O) groups is 4. The lowest BCUT2D eigenvalue weighted by molar-refractivity contribution is -0.156. The Balaban J connectivity index is 1.60. The largest absolute Gasteiger partial charge is 0.454 e. The summed E-state index contributed by atoms with van der Waals surface area (Å²) < 4.78 is 5.12. The quantitative estimate of drug-likeness (QED) is 0.681. The smallest absolute Gasteiger partial charge is 0.330 e. The van der Waals surface area contributed by atoms with Crippen LogP contribution >= 0.6 is 11.8 Å². The molecule has 3 atom stereocenters. The van der Waals surface area contributed by atoms with E-state index in [4.69, 9.17) is 4.74 Å². The van der Waals surface area contributed by atoms with Gasteiger partial charge >= 0.3 is 12.0 Å². The lowest BCUT2D eigenvalue weighted by Crippen LogP contribution is -2.48. The van der Waals surface area contributed by atoms with Gasteiger partial charge in [-0.1, -0.05) is 37.3 Å². The lowest BCUT2D eigenvalue weighted by atomic mass is 10.0. The molecule has 1 aromatic rings. The highest BCUT2D eigenvalue weighted by atomic mass is 32.2. The Labute approximate surface area is 173 Å². The summed E-state index contributed by atoms with van der Waals surface area (Å²) in [5.41, 5.74) is 0.977. The molecule has 2 N–H and O–H groups in total. The molecule has 0 spiro atoms. The molecule has 3 rings (SSSR count). The van der Waals surface area contributed by atoms with Crippen LogP contribution in [0.4, 0.5) is 4.79 Å². The van der Waals surface area contributed by atoms with Crippen LogP contribution in [0.2, 0.25) is 0 Å². The van der Waals surface area contributed by atoms with Crippen molar-refractivity contribution in [1.82, 2.24) is 15.5 Å². The standard InChI is InChI=1S/C20H25N3O5S/c1-3-13(2)21-19(27)22-16(24)11-28-18(26)15-12-29-20(10-9-17(25)23(15)20)14-7-5-4-6-8-14/h4-8,13,15H,3,9-12H2,1-2H3,(H2,21,22,24,27)/t13-,15+,20+/m0/s1. The zero-order chi connectivity index (χ0) is 21.0. The number of hydrogen-bond acceptors (Lipinski definition) is 6. The molecular formula is C20H25N3O5S. The van der Waals surface area contributed by atoms with Crippen molar-refractivity contribution in [2.24, 2.45) is 0 Å². The van der Waals surface area contributed by atoms with Crippen LogP contribution in [0.1, 0.15) is 38.7 Å². The van der Waals surface area contributed by atoms with E-state index in [0.29, 0.717) is 18.6 Å². The van der Waals surface area contributed by atoms with Gasteiger partial charge in [-0.3, -0.25) is 14.9 Å². The van der Waals surface area contributed by atoms with E-state index in [1.54, 1.807) is 16.7 Å². The third-order valence-corrected chi connectivity index (χ3v) is 6.81. The monoisotopic (exact) mass is 419 g/mol. The van der Waals surface area contributed by atoms with Gasteiger partial charge in [0.15, 0.2) is 6.61 Å². The molecule has 0 aliphatic carbocycles. The molecule has 2 aliphatic heterocycles. The second-order valence-corrected chi connectivity index (χ2v) is 8.48. The number of urea groups is 1. The third kappa shape index (κ3) is 4.39. The van der Waals surface area contributed by atoms with Crippen LogP contribution in [0.5, 0.6) is 0 Å². The molecule has 156 valence electrons. The Morgan fingerprint density at radius 1 is 1.31 bits per heavy atom. The first-order valence-corrected chi connectivity index (χ1v) is 10.6. The van der Waals surface area contributed by atoms with Crippen molar-refractivity contribution < 1.29 is 23.9 Å². The normalized spacial score (nSPS) is 24.0. The molecule has 2 fully saturated rings. The number of ether oxygens (including phenoxy) is 1. The van der Waals surface area contributed by atoms with Crippen LogP contribution in [-0.4, -0.2) is 53.2 Å². The van der Waals surface area contributed by atoms with E-state index in [2.05, 4.69) is 10.6 Å². The minimum atomic E-state index is -0.753. The molecule has 2 aliphatic rings. The number of hydrogen-bond donors (Lipinski definition) is 2. The minimum absolute atomic E-state index is 0.0758. The maximum Gasteiger partial charge on any atom is 0.330 e. The van der Waals surface area contributed by atoms with Gasteiger partial charge in [0.05, 0.1) is 0 Å². The van der Waals surface area contributed by atoms with Gasteiger partial charge in [0.1, 0.15) is 10.9 Å². The fourth-order valence-corrected chi connectivity index (χ4v) is 5.21. The number of amides is 4. The molecule has 2 saturated heterocycles. The topological polar surface area (TPSA) is 105 Å². The molecular weight excluding hydrogens is 394 g/mol. The maximum atomic E-state index is 12.6. The first-order chi connectivity index (χ1) is 13.9. The Morgan fingerprint density at radius 2 is 2.03 bits per heavy atom. The summed E-state index contributed by atoms with van der Waals surface area (Å²) in [4.78, 5) is 49.7. The minimum Gasteiger partial charge on any atom is -0.454 e. The number of fused-ring (bicyclic) bond motifs is 1. The summed E-state index contributed by atoms with van der Waals surface area (Å²) in [7, 11) is 0. The fourth-order valence-electron chi connectivity index (χ4n) is 3.57. The number of nitrogens with zero attached hydrogens (tertiary/aromatic N) is 1. The van der Waals surface area contributed by atoms with Crippen LogP contribution in [0, 0.1) is 0 Å². The van der Waals surface area contributed by atoms with E-state index in [-0.39, 0.29) is 11.9 Å². The number of esters is 1. The van der Waals surface area contributed by atoms with Gasteiger partial charge in [0.25, 0.3) is 5.91 Å². The number of benzene rings is 1. The van der Waals surface area contributed by atoms with Crippen molar-refractivity contribution in [2.45, 2.75) is 50.1 Å². The number of imide groups is 1. The molecule has 2 heterocycles. The highest BCUT2D eigenvalue weighted by Crippen LogP contribution is 2.54. The van der Waals surface area contributed by atoms with Gasteiger partial charge in [0, 0.05) is 18.2 Å². The van der Waals surface area contributed by atoms with Crippen molar-refractivity contribution in [2.75, 3.05) is 12.4 Å². The Bertz CT molecular complexity index is 803. The average molecular weight is 420 g/mol. The summed E-state index contributed by atoms with van der Waals surface area (Å²) in [6, 6.07) is 8.17. The Hall–Kier alpha value is -2.55. The number of rotatable bonds is 6. The first kappa shape index (κ1) is 21.2. The van der Waals surface area contributed by atoms with E-state index in [1.807, 2.05) is 44.2 Å². The van der Waals surface area contributed by atoms with Gasteiger partial charge in [-0.05, 0) is 25.3 Å². The van der Waals surface area contributed by atoms with Crippen LogP contribution < -0.4 is 10.6 Å². The summed E-state index contributed by atoms with van der Waals surface area (Å²) in [6.45, 7) is 3.14. The summed E-state index contributed by atoms with van der Waals surface area (Å²) in [6.07, 6.45) is 1.71. The molecule has 0 bridgehead atoms. The van der Waals surface area contributed by atoms with Crippen LogP contribution in [0.15, 0.2) is 30.3 Å². The van der Waals surface area contributed by atoms with E-state index in [0.717, 1.165) is 12.0 Å². The van der Waals surface area contributed by atoms with Crippen molar-refractivity contribution in [3.8, 4) is 0 Å². The van der Waals surface area contributed by atoms with Gasteiger partial charge < -0.3 is 15.0 Å². The highest BCUT2D eigenvalue weighted by molar-refractivity contribution is 8.00. The predicted octanol–water partition coefficient (Wildman–Crippen LogP) is 1.74. The number of nitrogens with one attached hydrogen (secondary N) is 2. The molecule has 0 saturated carbocycles. The molecule has 9 heteroatoms. The fraction of sp³-hybridized carbons (Fsp3) is 0.500. The molecule has 4 amide bonds. The van der Waals surface area contributed by atoms with E-state index in [1.165, 1.54) is 0 Å². The Morgan fingerprint density at radius 3 is 2.72 bits per heavy atom. The molecule has 8 nitrogen and oxygen atoms in total. The van der Waals surface area contributed by atoms with E-state index in [9.17, 15) is 19.2 Å². The molecule has 0 aromatic heterocycles. The second-order valence-electron chi connectivity index (χ2n) is 7.18. The van der Waals surface area contributed by atoms with Gasteiger partial charge in [-0.15, -0.1) is 11.8 Å². The van der Waals surface area contributed by atoms with Crippen molar-refractivity contribution in [1.29, 1.82) is 0 Å². The van der Waals surface area contributed by atoms with Crippen LogP contribution in [0.3, 0.4) is 0 Å². The molecule has 1 aromatic carbocycles. The SMILES string of the molecule is CC[C@H](C)NC(=O)NC(=O)COC(=O)[C@H]1CS[C@@]2(c3ccccc3)CCC(=O)N12. The Kier molecular flexibility index (Phi) is 6.46. The maximum absolute atomic E-state index is 12.6. The zero-order valence-corrected chi connectivity index (χ0v) is 17.3. The van der Waals surface area contributed by atoms with Crippen LogP contribution in [-0.2, 0) is 24.0 Å². The van der Waals surface area contributed by atoms with Gasteiger partial charge in [-0.2, -0.15) is 0 Å². The first-order valence-electron chi connectivity index (χ1n) is 9.66. The zero-order valence-electron chi connectivity index (χ0n) is 16.5. The summed E-state index contributed by atoms with van der Waals surface area (Å²) in [5, 5.41) is 4.72. The lowest BCUT2D eigenvalue weighted by Gasteiger charge is -2.33. The van der Waals surface area contributed by atoms with E-state index >= 15 is 0 Å². The number of carbonyl (C=O) groups excluding carboxylic acids is 4. The second kappa shape index (κ2) is 8.86.